The van der Waals surface area contributed by atoms with E-state index in [2.05, 4.69) is 16.8 Å². The summed E-state index contributed by atoms with van der Waals surface area (Å²) >= 11 is 0. The van der Waals surface area contributed by atoms with E-state index in [9.17, 15) is 4.79 Å². The van der Waals surface area contributed by atoms with Gasteiger partial charge in [0, 0.05) is 32.2 Å². The van der Waals surface area contributed by atoms with Gasteiger partial charge in [0.15, 0.2) is 0 Å². The number of carbonyl (C=O) groups is 1. The van der Waals surface area contributed by atoms with Crippen molar-refractivity contribution in [1.82, 2.24) is 14.7 Å². The zero-order valence-electron chi connectivity index (χ0n) is 11.5. The number of amides is 1. The Kier molecular flexibility index (Phi) is 4.97. The first-order valence-electron chi connectivity index (χ1n) is 7.11. The molecule has 0 aromatic heterocycles. The average molecular weight is 254 g/mol. The van der Waals surface area contributed by atoms with Crippen molar-refractivity contribution in [2.45, 2.75) is 25.3 Å². The second-order valence-electron chi connectivity index (χ2n) is 5.53. The number of likely N-dealkylation sites (tertiary alicyclic amines) is 1. The topological polar surface area (TPSA) is 52.8 Å². The van der Waals surface area contributed by atoms with Crippen molar-refractivity contribution in [3.63, 3.8) is 0 Å². The molecule has 2 aliphatic rings. The molecule has 0 aromatic carbocycles. The first-order valence-corrected chi connectivity index (χ1v) is 7.11. The van der Waals surface area contributed by atoms with Crippen LogP contribution >= 0.6 is 0 Å². The van der Waals surface area contributed by atoms with Crippen molar-refractivity contribution in [1.29, 1.82) is 0 Å². The van der Waals surface area contributed by atoms with E-state index in [1.165, 1.54) is 12.8 Å². The minimum absolute atomic E-state index is 0.298. The average Bonchev–Trinajstić information content (AvgIpc) is 2.78. The molecule has 0 aromatic rings. The quantitative estimate of drug-likeness (QED) is 0.740. The smallest absolute Gasteiger partial charge is 0.236 e. The number of nitrogens with zero attached hydrogens (tertiary/aromatic N) is 3. The number of carbonyl (C=O) groups excluding carboxylic acids is 1. The normalized spacial score (nSPS) is 26.8. The highest BCUT2D eigenvalue weighted by atomic mass is 16.2. The van der Waals surface area contributed by atoms with E-state index in [1.54, 1.807) is 0 Å². The lowest BCUT2D eigenvalue weighted by molar-refractivity contribution is -0.134. The fourth-order valence-electron chi connectivity index (χ4n) is 2.95. The summed E-state index contributed by atoms with van der Waals surface area (Å²) in [4.78, 5) is 18.9. The first-order chi connectivity index (χ1) is 8.70. The van der Waals surface area contributed by atoms with Crippen molar-refractivity contribution < 1.29 is 4.79 Å². The van der Waals surface area contributed by atoms with Gasteiger partial charge in [-0.15, -0.1) is 0 Å². The molecule has 1 unspecified atom stereocenters. The van der Waals surface area contributed by atoms with Gasteiger partial charge in [-0.25, -0.2) is 0 Å². The molecule has 0 spiro atoms. The zero-order valence-corrected chi connectivity index (χ0v) is 11.5. The highest BCUT2D eigenvalue weighted by Gasteiger charge is 2.28. The summed E-state index contributed by atoms with van der Waals surface area (Å²) in [6.07, 6.45) is 3.43. The lowest BCUT2D eigenvalue weighted by Crippen LogP contribution is -2.50. The number of hydrogen-bond acceptors (Lipinski definition) is 4. The maximum Gasteiger partial charge on any atom is 0.236 e. The Morgan fingerprint density at radius 3 is 2.61 bits per heavy atom. The minimum Gasteiger partial charge on any atom is -0.339 e. The summed E-state index contributed by atoms with van der Waals surface area (Å²) in [6.45, 7) is 6.13. The van der Waals surface area contributed by atoms with Crippen molar-refractivity contribution in [2.24, 2.45) is 5.73 Å². The van der Waals surface area contributed by atoms with E-state index in [0.29, 0.717) is 18.5 Å². The van der Waals surface area contributed by atoms with Gasteiger partial charge in [0.1, 0.15) is 0 Å². The molecular formula is C13H26N4O. The van der Waals surface area contributed by atoms with Gasteiger partial charge < -0.3 is 15.5 Å². The monoisotopic (exact) mass is 254 g/mol. The predicted octanol–water partition coefficient (Wildman–Crippen LogP) is -0.426. The number of piperazine rings is 1. The van der Waals surface area contributed by atoms with Gasteiger partial charge in [-0.2, -0.15) is 0 Å². The third-order valence-electron chi connectivity index (χ3n) is 4.19. The van der Waals surface area contributed by atoms with Crippen LogP contribution in [0.15, 0.2) is 0 Å². The Labute approximate surface area is 110 Å². The lowest BCUT2D eigenvalue weighted by Gasteiger charge is -2.34. The third-order valence-corrected chi connectivity index (χ3v) is 4.19. The molecule has 2 fully saturated rings. The summed E-state index contributed by atoms with van der Waals surface area (Å²) in [5, 5.41) is 0. The minimum atomic E-state index is 0.298. The van der Waals surface area contributed by atoms with E-state index in [0.717, 1.165) is 45.7 Å². The molecule has 5 heteroatoms. The molecule has 2 N–H and O–H groups in total. The van der Waals surface area contributed by atoms with E-state index < -0.39 is 0 Å². The predicted molar refractivity (Wildman–Crippen MR) is 72.3 cm³/mol. The summed E-state index contributed by atoms with van der Waals surface area (Å²) < 4.78 is 0. The van der Waals surface area contributed by atoms with E-state index >= 15 is 0 Å². The molecule has 2 saturated heterocycles. The zero-order chi connectivity index (χ0) is 13.0. The number of likely N-dealkylation sites (N-methyl/N-ethyl adjacent to an activating group) is 1. The molecule has 0 radical (unpaired) electrons. The molecule has 104 valence electrons. The molecule has 1 amide bonds. The second-order valence-corrected chi connectivity index (χ2v) is 5.53. The Hall–Kier alpha value is -0.650. The van der Waals surface area contributed by atoms with Gasteiger partial charge in [0.25, 0.3) is 0 Å². The van der Waals surface area contributed by atoms with Gasteiger partial charge in [-0.05, 0) is 39.4 Å². The Morgan fingerprint density at radius 2 is 1.94 bits per heavy atom. The summed E-state index contributed by atoms with van der Waals surface area (Å²) in [6, 6.07) is 0.534. The Morgan fingerprint density at radius 1 is 1.22 bits per heavy atom. The standard InChI is InChI=1S/C13H26N4O/c1-15-7-9-16(10-8-15)13(18)11-17-6-2-3-12(17)4-5-14/h12H,2-11,14H2,1H3. The first kappa shape index (κ1) is 13.8. The number of nitrogens with two attached hydrogens (primary N) is 1. The Balaban J connectivity index is 1.79. The van der Waals surface area contributed by atoms with Crippen LogP contribution in [0.1, 0.15) is 19.3 Å². The molecule has 0 aliphatic carbocycles. The Bertz CT molecular complexity index is 276. The molecule has 5 nitrogen and oxygen atoms in total. The van der Waals surface area contributed by atoms with E-state index in [4.69, 9.17) is 5.73 Å². The molecule has 2 aliphatic heterocycles. The van der Waals surface area contributed by atoms with Gasteiger partial charge in [0.05, 0.1) is 6.54 Å². The molecule has 2 rings (SSSR count). The summed E-state index contributed by atoms with van der Waals surface area (Å²) in [5.41, 5.74) is 5.63. The van der Waals surface area contributed by atoms with Crippen molar-refractivity contribution in [3.8, 4) is 0 Å². The van der Waals surface area contributed by atoms with Gasteiger partial charge in [-0.3, -0.25) is 9.69 Å². The molecular weight excluding hydrogens is 228 g/mol. The van der Waals surface area contributed by atoms with Crippen LogP contribution in [-0.2, 0) is 4.79 Å². The summed E-state index contributed by atoms with van der Waals surface area (Å²) in [5.74, 6) is 0.298. The summed E-state index contributed by atoms with van der Waals surface area (Å²) in [7, 11) is 2.11. The lowest BCUT2D eigenvalue weighted by atomic mass is 10.1. The number of hydrogen-bond donors (Lipinski definition) is 1. The van der Waals surface area contributed by atoms with Gasteiger partial charge in [0.2, 0.25) is 5.91 Å². The third kappa shape index (κ3) is 3.43. The maximum atomic E-state index is 12.2. The molecule has 0 saturated carbocycles. The van der Waals surface area contributed by atoms with Crippen LogP contribution < -0.4 is 5.73 Å². The fourth-order valence-corrected chi connectivity index (χ4v) is 2.95. The van der Waals surface area contributed by atoms with E-state index in [-0.39, 0.29) is 0 Å². The van der Waals surface area contributed by atoms with Crippen LogP contribution in [-0.4, -0.2) is 79.5 Å². The fraction of sp³-hybridized carbons (Fsp3) is 0.923. The second kappa shape index (κ2) is 6.50. The maximum absolute atomic E-state index is 12.2. The van der Waals surface area contributed by atoms with E-state index in [1.807, 2.05) is 4.90 Å². The van der Waals surface area contributed by atoms with Crippen LogP contribution in [0.2, 0.25) is 0 Å². The van der Waals surface area contributed by atoms with Crippen LogP contribution in [0.5, 0.6) is 0 Å². The largest absolute Gasteiger partial charge is 0.339 e. The van der Waals surface area contributed by atoms with Crippen LogP contribution in [0.25, 0.3) is 0 Å². The SMILES string of the molecule is CN1CCN(C(=O)CN2CCCC2CCN)CC1. The van der Waals surface area contributed by atoms with Gasteiger partial charge in [-0.1, -0.05) is 0 Å². The van der Waals surface area contributed by atoms with Crippen LogP contribution in [0.4, 0.5) is 0 Å². The molecule has 0 bridgehead atoms. The van der Waals surface area contributed by atoms with Crippen molar-refractivity contribution in [3.05, 3.63) is 0 Å². The molecule has 1 atom stereocenters. The van der Waals surface area contributed by atoms with Gasteiger partial charge >= 0.3 is 0 Å². The van der Waals surface area contributed by atoms with Crippen molar-refractivity contribution in [2.75, 3.05) is 52.9 Å². The highest BCUT2D eigenvalue weighted by Crippen LogP contribution is 2.19. The molecule has 18 heavy (non-hydrogen) atoms. The highest BCUT2D eigenvalue weighted by molar-refractivity contribution is 5.78. The van der Waals surface area contributed by atoms with Crippen molar-refractivity contribution >= 4 is 5.91 Å². The number of rotatable bonds is 4. The van der Waals surface area contributed by atoms with Crippen LogP contribution in [0, 0.1) is 0 Å². The van der Waals surface area contributed by atoms with Crippen LogP contribution in [0.3, 0.4) is 0 Å². The molecule has 2 heterocycles.